The van der Waals surface area contributed by atoms with Gasteiger partial charge in [0, 0.05) is 0 Å². The average Bonchev–Trinajstić information content (AvgIpc) is 2.26. The van der Waals surface area contributed by atoms with Crippen LogP contribution in [0, 0.1) is 0 Å². The van der Waals surface area contributed by atoms with Crippen molar-refractivity contribution >= 4 is 11.5 Å². The van der Waals surface area contributed by atoms with Crippen molar-refractivity contribution in [1.82, 2.24) is 10.6 Å². The SMILES string of the molecule is CC(=O)C(C)(C)NCCCNC(C)(C)C(C)=NO. The maximum Gasteiger partial charge on any atom is 0.149 e. The largest absolute Gasteiger partial charge is 0.411 e. The van der Waals surface area contributed by atoms with E-state index < -0.39 is 5.54 Å². The highest BCUT2D eigenvalue weighted by atomic mass is 16.4. The van der Waals surface area contributed by atoms with Crippen LogP contribution in [-0.2, 0) is 4.79 Å². The van der Waals surface area contributed by atoms with E-state index in [1.54, 1.807) is 13.8 Å². The second kappa shape index (κ2) is 6.85. The van der Waals surface area contributed by atoms with E-state index in [1.165, 1.54) is 0 Å². The van der Waals surface area contributed by atoms with E-state index in [2.05, 4.69) is 15.8 Å². The molecular formula is C13H27N3O2. The average molecular weight is 257 g/mol. The highest BCUT2D eigenvalue weighted by Gasteiger charge is 2.23. The lowest BCUT2D eigenvalue weighted by Gasteiger charge is -2.26. The summed E-state index contributed by atoms with van der Waals surface area (Å²) in [6, 6.07) is 0. The van der Waals surface area contributed by atoms with Gasteiger partial charge in [-0.25, -0.2) is 0 Å². The van der Waals surface area contributed by atoms with Crippen molar-refractivity contribution in [3.05, 3.63) is 0 Å². The first-order chi connectivity index (χ1) is 8.13. The Labute approximate surface area is 110 Å². The van der Waals surface area contributed by atoms with Crippen LogP contribution in [0.3, 0.4) is 0 Å². The molecule has 0 radical (unpaired) electrons. The van der Waals surface area contributed by atoms with Crippen LogP contribution in [0.15, 0.2) is 5.16 Å². The molecule has 0 unspecified atom stereocenters. The van der Waals surface area contributed by atoms with E-state index >= 15 is 0 Å². The molecule has 0 aromatic heterocycles. The first kappa shape index (κ1) is 17.1. The van der Waals surface area contributed by atoms with Crippen LogP contribution in [0.25, 0.3) is 0 Å². The van der Waals surface area contributed by atoms with Crippen molar-refractivity contribution in [3.63, 3.8) is 0 Å². The predicted molar refractivity (Wildman–Crippen MR) is 74.4 cm³/mol. The summed E-state index contributed by atoms with van der Waals surface area (Å²) in [7, 11) is 0. The van der Waals surface area contributed by atoms with Gasteiger partial charge in [-0.05, 0) is 61.1 Å². The molecule has 18 heavy (non-hydrogen) atoms. The third-order valence-corrected chi connectivity index (χ3v) is 3.42. The second-order valence-electron chi connectivity index (χ2n) is 5.70. The molecule has 0 aromatic rings. The van der Waals surface area contributed by atoms with Crippen molar-refractivity contribution < 1.29 is 10.0 Å². The molecule has 5 nitrogen and oxygen atoms in total. The number of oxime groups is 1. The number of hydrogen-bond acceptors (Lipinski definition) is 5. The van der Waals surface area contributed by atoms with Gasteiger partial charge in [-0.3, -0.25) is 4.79 Å². The van der Waals surface area contributed by atoms with Crippen molar-refractivity contribution in [3.8, 4) is 0 Å². The fourth-order valence-electron chi connectivity index (χ4n) is 1.27. The Morgan fingerprint density at radius 2 is 1.50 bits per heavy atom. The topological polar surface area (TPSA) is 73.7 Å². The molecule has 0 aromatic carbocycles. The molecule has 0 atom stereocenters. The minimum Gasteiger partial charge on any atom is -0.411 e. The van der Waals surface area contributed by atoms with Crippen LogP contribution in [0.5, 0.6) is 0 Å². The number of Topliss-reactive ketones (excluding diaryl/α,β-unsaturated/α-hetero) is 1. The van der Waals surface area contributed by atoms with E-state index in [4.69, 9.17) is 5.21 Å². The molecule has 0 bridgehead atoms. The first-order valence-electron chi connectivity index (χ1n) is 6.33. The Hall–Kier alpha value is -0.940. The summed E-state index contributed by atoms with van der Waals surface area (Å²) >= 11 is 0. The van der Waals surface area contributed by atoms with Gasteiger partial charge in [0.15, 0.2) is 0 Å². The third kappa shape index (κ3) is 5.60. The Bertz CT molecular complexity index is 309. The Morgan fingerprint density at radius 3 is 1.89 bits per heavy atom. The molecule has 0 rings (SSSR count). The molecule has 0 aliphatic rings. The minimum atomic E-state index is -0.460. The number of nitrogens with zero attached hydrogens (tertiary/aromatic N) is 1. The van der Waals surface area contributed by atoms with Gasteiger partial charge in [0.25, 0.3) is 0 Å². The quantitative estimate of drug-likeness (QED) is 0.267. The Kier molecular flexibility index (Phi) is 6.49. The van der Waals surface area contributed by atoms with Gasteiger partial charge in [0.1, 0.15) is 5.78 Å². The predicted octanol–water partition coefficient (Wildman–Crippen LogP) is 1.55. The number of rotatable bonds is 8. The number of ketones is 1. The number of carbonyl (C=O) groups is 1. The molecule has 0 aliphatic carbocycles. The number of hydrogen-bond donors (Lipinski definition) is 3. The first-order valence-corrected chi connectivity index (χ1v) is 6.33. The molecule has 0 aliphatic heterocycles. The maximum absolute atomic E-state index is 11.3. The normalized spacial score (nSPS) is 13.8. The van der Waals surface area contributed by atoms with Gasteiger partial charge in [-0.2, -0.15) is 0 Å². The number of carbonyl (C=O) groups excluding carboxylic acids is 1. The van der Waals surface area contributed by atoms with E-state index in [0.717, 1.165) is 19.5 Å². The summed E-state index contributed by atoms with van der Waals surface area (Å²) in [4.78, 5) is 11.3. The van der Waals surface area contributed by atoms with Crippen LogP contribution in [0.4, 0.5) is 0 Å². The second-order valence-corrected chi connectivity index (χ2v) is 5.70. The lowest BCUT2D eigenvalue weighted by atomic mass is 9.99. The van der Waals surface area contributed by atoms with Crippen LogP contribution in [0.2, 0.25) is 0 Å². The van der Waals surface area contributed by atoms with Crippen molar-refractivity contribution in [2.75, 3.05) is 13.1 Å². The van der Waals surface area contributed by atoms with Crippen molar-refractivity contribution in [2.24, 2.45) is 5.16 Å². The summed E-state index contributed by atoms with van der Waals surface area (Å²) in [5.74, 6) is 0.138. The van der Waals surface area contributed by atoms with Crippen molar-refractivity contribution in [1.29, 1.82) is 0 Å². The van der Waals surface area contributed by atoms with Crippen LogP contribution < -0.4 is 10.6 Å². The molecule has 5 heteroatoms. The van der Waals surface area contributed by atoms with Crippen LogP contribution in [0.1, 0.15) is 48.0 Å². The molecule has 0 heterocycles. The zero-order valence-electron chi connectivity index (χ0n) is 12.4. The van der Waals surface area contributed by atoms with Gasteiger partial charge in [-0.1, -0.05) is 5.16 Å². The standard InChI is InChI=1S/C13H27N3O2/c1-10(16-18)12(3,4)14-8-7-9-15-13(5,6)11(2)17/h14-15,18H,7-9H2,1-6H3. The fraction of sp³-hybridized carbons (Fsp3) is 0.846. The molecule has 106 valence electrons. The van der Waals surface area contributed by atoms with Gasteiger partial charge < -0.3 is 15.8 Å². The monoisotopic (exact) mass is 257 g/mol. The minimum absolute atomic E-state index is 0.138. The molecule has 0 fully saturated rings. The maximum atomic E-state index is 11.3. The molecule has 0 amide bonds. The van der Waals surface area contributed by atoms with Gasteiger partial charge >= 0.3 is 0 Å². The fourth-order valence-corrected chi connectivity index (χ4v) is 1.27. The van der Waals surface area contributed by atoms with Gasteiger partial charge in [-0.15, -0.1) is 0 Å². The molecule has 0 saturated carbocycles. The molecule has 0 spiro atoms. The van der Waals surface area contributed by atoms with Gasteiger partial charge in [0.2, 0.25) is 0 Å². The number of nitrogens with one attached hydrogen (secondary N) is 2. The highest BCUT2D eigenvalue weighted by Crippen LogP contribution is 2.05. The molecule has 3 N–H and O–H groups in total. The lowest BCUT2D eigenvalue weighted by Crippen LogP contribution is -2.48. The van der Waals surface area contributed by atoms with Crippen molar-refractivity contribution in [2.45, 2.75) is 59.0 Å². The van der Waals surface area contributed by atoms with Crippen LogP contribution >= 0.6 is 0 Å². The molecule has 0 saturated heterocycles. The Morgan fingerprint density at radius 1 is 1.06 bits per heavy atom. The zero-order valence-corrected chi connectivity index (χ0v) is 12.4. The lowest BCUT2D eigenvalue weighted by molar-refractivity contribution is -0.122. The summed E-state index contributed by atoms with van der Waals surface area (Å²) in [6.07, 6.45) is 0.902. The summed E-state index contributed by atoms with van der Waals surface area (Å²) in [5, 5.41) is 18.5. The third-order valence-electron chi connectivity index (χ3n) is 3.42. The summed E-state index contributed by atoms with van der Waals surface area (Å²) < 4.78 is 0. The van der Waals surface area contributed by atoms with Crippen LogP contribution in [-0.4, -0.2) is 40.9 Å². The van der Waals surface area contributed by atoms with Gasteiger partial charge in [0.05, 0.1) is 16.8 Å². The van der Waals surface area contributed by atoms with E-state index in [1.807, 2.05) is 27.7 Å². The Balaban J connectivity index is 3.92. The van der Waals surface area contributed by atoms with E-state index in [0.29, 0.717) is 5.71 Å². The van der Waals surface area contributed by atoms with E-state index in [9.17, 15) is 4.79 Å². The summed E-state index contributed by atoms with van der Waals surface area (Å²) in [5.41, 5.74) is -0.123. The zero-order chi connectivity index (χ0) is 14.4. The van der Waals surface area contributed by atoms with E-state index in [-0.39, 0.29) is 11.3 Å². The summed E-state index contributed by atoms with van der Waals surface area (Å²) in [6.45, 7) is 12.6. The molecular weight excluding hydrogens is 230 g/mol. The smallest absolute Gasteiger partial charge is 0.149 e. The highest BCUT2D eigenvalue weighted by molar-refractivity contribution is 5.90.